The van der Waals surface area contributed by atoms with E-state index < -0.39 is 6.10 Å². The maximum absolute atomic E-state index is 12.8. The Balaban J connectivity index is 4.23. The van der Waals surface area contributed by atoms with E-state index in [9.17, 15) is 14.4 Å². The van der Waals surface area contributed by atoms with Crippen molar-refractivity contribution < 1.29 is 28.6 Å². The molecular weight excluding hydrogens is 793 g/mol. The summed E-state index contributed by atoms with van der Waals surface area (Å²) in [6.45, 7) is 9.01. The number of hydrogen-bond donors (Lipinski definition) is 0. The molecule has 0 aliphatic heterocycles. The third-order valence-electron chi connectivity index (χ3n) is 13.3. The minimum Gasteiger partial charge on any atom is -0.462 e. The molecule has 0 aliphatic carbocycles. The van der Waals surface area contributed by atoms with E-state index in [0.29, 0.717) is 19.3 Å². The second kappa shape index (κ2) is 52.4. The SMILES string of the molecule is CCCCCCCCCCCCCCCCCCCCCC(=O)O[C@H](COC(=O)CCCCCCCCCCCCCCCCCCC)COC(=O)CCCCCCCCCC(C)C. The molecule has 1 atom stereocenters. The van der Waals surface area contributed by atoms with Gasteiger partial charge in [0.15, 0.2) is 6.10 Å². The fourth-order valence-electron chi connectivity index (χ4n) is 8.92. The lowest BCUT2D eigenvalue weighted by molar-refractivity contribution is -0.167. The zero-order chi connectivity index (χ0) is 46.7. The van der Waals surface area contributed by atoms with Crippen LogP contribution in [-0.2, 0) is 28.6 Å². The molecule has 6 heteroatoms. The molecule has 0 saturated carbocycles. The van der Waals surface area contributed by atoms with Gasteiger partial charge in [0.25, 0.3) is 0 Å². The maximum Gasteiger partial charge on any atom is 0.306 e. The predicted octanol–water partition coefficient (Wildman–Crippen LogP) is 19.0. The van der Waals surface area contributed by atoms with Crippen molar-refractivity contribution in [2.75, 3.05) is 13.2 Å². The normalized spacial score (nSPS) is 12.0. The average Bonchev–Trinajstić information content (AvgIpc) is 3.28. The summed E-state index contributed by atoms with van der Waals surface area (Å²) in [4.78, 5) is 38.1. The van der Waals surface area contributed by atoms with Gasteiger partial charge < -0.3 is 14.2 Å². The van der Waals surface area contributed by atoms with Crippen molar-refractivity contribution in [2.24, 2.45) is 5.92 Å². The van der Waals surface area contributed by atoms with Crippen molar-refractivity contribution >= 4 is 17.9 Å². The standard InChI is InChI=1S/C58H112O6/c1-5-7-9-11-13-15-17-19-21-23-24-26-28-30-32-34-38-43-47-51-58(61)64-55(53-63-57(60)50-46-42-39-35-36-40-44-48-54(3)4)52-62-56(59)49-45-41-37-33-31-29-27-25-22-20-18-16-14-12-10-8-6-2/h54-55H,5-53H2,1-4H3/t55-/m1/s1. The van der Waals surface area contributed by atoms with Crippen molar-refractivity contribution in [3.63, 3.8) is 0 Å². The number of carbonyl (C=O) groups is 3. The predicted molar refractivity (Wildman–Crippen MR) is 275 cm³/mol. The molecule has 6 nitrogen and oxygen atoms in total. The molecule has 0 aromatic carbocycles. The van der Waals surface area contributed by atoms with Gasteiger partial charge in [0.05, 0.1) is 0 Å². The van der Waals surface area contributed by atoms with E-state index in [1.807, 2.05) is 0 Å². The van der Waals surface area contributed by atoms with Gasteiger partial charge in [-0.2, -0.15) is 0 Å². The van der Waals surface area contributed by atoms with E-state index in [1.165, 1.54) is 225 Å². The highest BCUT2D eigenvalue weighted by atomic mass is 16.6. The Hall–Kier alpha value is -1.59. The largest absolute Gasteiger partial charge is 0.462 e. The van der Waals surface area contributed by atoms with Crippen LogP contribution in [0.2, 0.25) is 0 Å². The first kappa shape index (κ1) is 62.4. The summed E-state index contributed by atoms with van der Waals surface area (Å²) >= 11 is 0. The average molecular weight is 906 g/mol. The molecule has 0 aromatic rings. The molecule has 0 N–H and O–H groups in total. The first-order valence-corrected chi connectivity index (χ1v) is 28.9. The van der Waals surface area contributed by atoms with Gasteiger partial charge in [0.2, 0.25) is 0 Å². The van der Waals surface area contributed by atoms with Crippen molar-refractivity contribution in [2.45, 2.75) is 336 Å². The minimum absolute atomic E-state index is 0.0627. The van der Waals surface area contributed by atoms with Gasteiger partial charge in [0.1, 0.15) is 13.2 Å². The number of carbonyl (C=O) groups excluding carboxylic acids is 3. The number of unbranched alkanes of at least 4 members (excludes halogenated alkanes) is 40. The van der Waals surface area contributed by atoms with Gasteiger partial charge in [-0.05, 0) is 25.2 Å². The first-order valence-electron chi connectivity index (χ1n) is 28.9. The minimum atomic E-state index is -0.762. The van der Waals surface area contributed by atoms with Crippen molar-refractivity contribution in [3.05, 3.63) is 0 Å². The highest BCUT2D eigenvalue weighted by Crippen LogP contribution is 2.18. The topological polar surface area (TPSA) is 78.9 Å². The highest BCUT2D eigenvalue weighted by Gasteiger charge is 2.19. The number of hydrogen-bond acceptors (Lipinski definition) is 6. The van der Waals surface area contributed by atoms with E-state index in [-0.39, 0.29) is 31.1 Å². The van der Waals surface area contributed by atoms with Crippen LogP contribution in [0.4, 0.5) is 0 Å². The summed E-state index contributed by atoms with van der Waals surface area (Å²) in [7, 11) is 0. The van der Waals surface area contributed by atoms with E-state index in [0.717, 1.165) is 63.7 Å². The van der Waals surface area contributed by atoms with Crippen LogP contribution in [-0.4, -0.2) is 37.2 Å². The Morgan fingerprint density at radius 2 is 0.516 bits per heavy atom. The third-order valence-corrected chi connectivity index (χ3v) is 13.3. The molecule has 0 bridgehead atoms. The van der Waals surface area contributed by atoms with E-state index in [1.54, 1.807) is 0 Å². The van der Waals surface area contributed by atoms with Gasteiger partial charge in [0, 0.05) is 19.3 Å². The molecule has 0 aliphatic rings. The van der Waals surface area contributed by atoms with Gasteiger partial charge >= 0.3 is 17.9 Å². The van der Waals surface area contributed by atoms with Crippen LogP contribution < -0.4 is 0 Å². The first-order chi connectivity index (χ1) is 31.4. The lowest BCUT2D eigenvalue weighted by Crippen LogP contribution is -2.30. The molecule has 0 spiro atoms. The van der Waals surface area contributed by atoms with Crippen LogP contribution in [0, 0.1) is 5.92 Å². The third kappa shape index (κ3) is 51.4. The molecule has 0 unspecified atom stereocenters. The number of rotatable bonds is 53. The van der Waals surface area contributed by atoms with E-state index >= 15 is 0 Å². The number of ether oxygens (including phenoxy) is 3. The van der Waals surface area contributed by atoms with Crippen LogP contribution in [0.3, 0.4) is 0 Å². The van der Waals surface area contributed by atoms with Crippen molar-refractivity contribution in [1.82, 2.24) is 0 Å². The second-order valence-electron chi connectivity index (χ2n) is 20.4. The summed E-state index contributed by atoms with van der Waals surface area (Å²) in [6, 6.07) is 0. The van der Waals surface area contributed by atoms with E-state index in [4.69, 9.17) is 14.2 Å². The Bertz CT molecular complexity index is 964. The van der Waals surface area contributed by atoms with Crippen molar-refractivity contribution in [3.8, 4) is 0 Å². The monoisotopic (exact) mass is 905 g/mol. The second-order valence-corrected chi connectivity index (χ2v) is 20.4. The van der Waals surface area contributed by atoms with Gasteiger partial charge in [-0.25, -0.2) is 0 Å². The Morgan fingerprint density at radius 3 is 0.766 bits per heavy atom. The molecular formula is C58H112O6. The molecule has 0 rings (SSSR count). The van der Waals surface area contributed by atoms with Crippen LogP contribution >= 0.6 is 0 Å². The Labute approximate surface area is 399 Å². The molecule has 0 amide bonds. The fourth-order valence-corrected chi connectivity index (χ4v) is 8.92. The summed E-state index contributed by atoms with van der Waals surface area (Å²) < 4.78 is 16.9. The summed E-state index contributed by atoms with van der Waals surface area (Å²) in [5, 5.41) is 0. The van der Waals surface area contributed by atoms with Gasteiger partial charge in [-0.1, -0.05) is 291 Å². The quantitative estimate of drug-likeness (QED) is 0.0344. The summed E-state index contributed by atoms with van der Waals surface area (Å²) in [5.41, 5.74) is 0. The Morgan fingerprint density at radius 1 is 0.297 bits per heavy atom. The summed E-state index contributed by atoms with van der Waals surface area (Å²) in [5.74, 6) is -0.0588. The lowest BCUT2D eigenvalue weighted by atomic mass is 10.0. The molecule has 0 saturated heterocycles. The Kier molecular flexibility index (Phi) is 51.1. The summed E-state index contributed by atoms with van der Waals surface area (Å²) in [6.07, 6.45) is 56.8. The van der Waals surface area contributed by atoms with Gasteiger partial charge in [-0.15, -0.1) is 0 Å². The molecule has 0 aromatic heterocycles. The van der Waals surface area contributed by atoms with Crippen LogP contribution in [0.25, 0.3) is 0 Å². The number of esters is 3. The zero-order valence-electron chi connectivity index (χ0n) is 43.8. The van der Waals surface area contributed by atoms with Crippen LogP contribution in [0.15, 0.2) is 0 Å². The molecule has 0 fully saturated rings. The molecule has 64 heavy (non-hydrogen) atoms. The molecule has 0 heterocycles. The maximum atomic E-state index is 12.8. The molecule has 380 valence electrons. The fraction of sp³-hybridized carbons (Fsp3) is 0.948. The van der Waals surface area contributed by atoms with Crippen LogP contribution in [0.1, 0.15) is 329 Å². The highest BCUT2D eigenvalue weighted by molar-refractivity contribution is 5.71. The van der Waals surface area contributed by atoms with Crippen molar-refractivity contribution in [1.29, 1.82) is 0 Å². The smallest absolute Gasteiger partial charge is 0.306 e. The van der Waals surface area contributed by atoms with Crippen LogP contribution in [0.5, 0.6) is 0 Å². The van der Waals surface area contributed by atoms with Gasteiger partial charge in [-0.3, -0.25) is 14.4 Å². The molecule has 0 radical (unpaired) electrons. The zero-order valence-corrected chi connectivity index (χ0v) is 43.8. The lowest BCUT2D eigenvalue weighted by Gasteiger charge is -2.18. The van der Waals surface area contributed by atoms with E-state index in [2.05, 4.69) is 27.7 Å².